The fourth-order valence-electron chi connectivity index (χ4n) is 4.58. The Hall–Kier alpha value is -3.69. The molecule has 1 saturated heterocycles. The standard InChI is InChI=1S/C24H27FN4O5/c1-2-19-17(6-8-21(30)28-19)24(33)29-15-4-5-16(29)13-27-23(32)18-11-14(25)3-7-20(18)34-10-9-26-22(31)12-15/h3,6-8,11,15-16H,2,4-5,9-10,12-13H2,1H3,(H,26,31)(H,27,32)(H,28,30)/t15-,16+/m0/s1. The van der Waals surface area contributed by atoms with Crippen molar-refractivity contribution in [3.05, 3.63) is 63.3 Å². The van der Waals surface area contributed by atoms with E-state index in [4.69, 9.17) is 4.74 Å². The van der Waals surface area contributed by atoms with Crippen LogP contribution in [0.3, 0.4) is 0 Å². The minimum Gasteiger partial charge on any atom is -0.491 e. The molecule has 2 aromatic rings. The molecule has 0 unspecified atom stereocenters. The van der Waals surface area contributed by atoms with E-state index in [2.05, 4.69) is 15.6 Å². The summed E-state index contributed by atoms with van der Waals surface area (Å²) in [6, 6.07) is 5.75. The molecule has 180 valence electrons. The average Bonchev–Trinajstić information content (AvgIpc) is 3.21. The molecule has 3 amide bonds. The largest absolute Gasteiger partial charge is 0.491 e. The number of aromatic nitrogens is 1. The first-order valence-electron chi connectivity index (χ1n) is 11.4. The number of hydrogen-bond acceptors (Lipinski definition) is 5. The van der Waals surface area contributed by atoms with Crippen molar-refractivity contribution in [3.63, 3.8) is 0 Å². The first-order valence-corrected chi connectivity index (χ1v) is 11.4. The van der Waals surface area contributed by atoms with Gasteiger partial charge in [0, 0.05) is 36.8 Å². The number of benzene rings is 1. The van der Waals surface area contributed by atoms with Crippen molar-refractivity contribution >= 4 is 17.7 Å². The van der Waals surface area contributed by atoms with Crippen LogP contribution in [0.15, 0.2) is 35.1 Å². The number of aryl methyl sites for hydroxylation is 1. The molecule has 0 spiro atoms. The average molecular weight is 471 g/mol. The number of ether oxygens (including phenoxy) is 1. The normalized spacial score (nSPS) is 21.1. The molecule has 1 aromatic carbocycles. The molecule has 0 radical (unpaired) electrons. The molecule has 2 atom stereocenters. The molecule has 1 fully saturated rings. The highest BCUT2D eigenvalue weighted by Gasteiger charge is 2.39. The second kappa shape index (κ2) is 10.1. The topological polar surface area (TPSA) is 121 Å². The molecule has 1 aromatic heterocycles. The van der Waals surface area contributed by atoms with Crippen molar-refractivity contribution in [1.82, 2.24) is 20.5 Å². The third-order valence-electron chi connectivity index (χ3n) is 6.23. The van der Waals surface area contributed by atoms with Gasteiger partial charge in [0.05, 0.1) is 17.7 Å². The van der Waals surface area contributed by atoms with Crippen LogP contribution in [-0.4, -0.2) is 59.4 Å². The van der Waals surface area contributed by atoms with Gasteiger partial charge in [-0.05, 0) is 43.5 Å². The summed E-state index contributed by atoms with van der Waals surface area (Å²) in [6.45, 7) is 2.27. The molecule has 3 heterocycles. The fraction of sp³-hybridized carbons (Fsp3) is 0.417. The van der Waals surface area contributed by atoms with Crippen LogP contribution < -0.4 is 20.9 Å². The zero-order valence-electron chi connectivity index (χ0n) is 18.9. The number of H-pyrrole nitrogens is 1. The quantitative estimate of drug-likeness (QED) is 0.613. The van der Waals surface area contributed by atoms with Gasteiger partial charge in [0.25, 0.3) is 11.8 Å². The van der Waals surface area contributed by atoms with E-state index < -0.39 is 11.7 Å². The number of fused-ring (bicyclic) bond motifs is 3. The molecule has 2 bridgehead atoms. The summed E-state index contributed by atoms with van der Waals surface area (Å²) in [4.78, 5) is 55.2. The summed E-state index contributed by atoms with van der Waals surface area (Å²) < 4.78 is 19.4. The van der Waals surface area contributed by atoms with Crippen LogP contribution in [0.4, 0.5) is 4.39 Å². The van der Waals surface area contributed by atoms with E-state index in [0.717, 1.165) is 6.07 Å². The molecular formula is C24H27FN4O5. The highest BCUT2D eigenvalue weighted by atomic mass is 19.1. The van der Waals surface area contributed by atoms with Crippen LogP contribution in [0.1, 0.15) is 52.6 Å². The molecule has 2 aliphatic heterocycles. The maximum atomic E-state index is 13.8. The Bertz CT molecular complexity index is 1160. The summed E-state index contributed by atoms with van der Waals surface area (Å²) in [5.74, 6) is -1.39. The lowest BCUT2D eigenvalue weighted by Crippen LogP contribution is -2.48. The molecule has 4 rings (SSSR count). The lowest BCUT2D eigenvalue weighted by Gasteiger charge is -2.31. The molecule has 0 saturated carbocycles. The Balaban J connectivity index is 1.65. The van der Waals surface area contributed by atoms with E-state index in [1.807, 2.05) is 6.92 Å². The minimum absolute atomic E-state index is 0.0460. The second-order valence-corrected chi connectivity index (χ2v) is 8.42. The number of hydrogen-bond donors (Lipinski definition) is 3. The van der Waals surface area contributed by atoms with Gasteiger partial charge in [-0.25, -0.2) is 4.39 Å². The summed E-state index contributed by atoms with van der Waals surface area (Å²) in [6.07, 6.45) is 1.75. The van der Waals surface area contributed by atoms with E-state index >= 15 is 0 Å². The van der Waals surface area contributed by atoms with Crippen molar-refractivity contribution in [2.24, 2.45) is 0 Å². The van der Waals surface area contributed by atoms with Gasteiger partial charge in [0.15, 0.2) is 0 Å². The predicted octanol–water partition coefficient (Wildman–Crippen LogP) is 1.38. The highest BCUT2D eigenvalue weighted by molar-refractivity contribution is 5.98. The van der Waals surface area contributed by atoms with Crippen LogP contribution in [0.25, 0.3) is 0 Å². The molecular weight excluding hydrogens is 443 g/mol. The van der Waals surface area contributed by atoms with Crippen molar-refractivity contribution in [2.75, 3.05) is 19.7 Å². The molecule has 3 N–H and O–H groups in total. The van der Waals surface area contributed by atoms with Gasteiger partial charge >= 0.3 is 0 Å². The van der Waals surface area contributed by atoms with Gasteiger partial charge in [0.2, 0.25) is 11.5 Å². The van der Waals surface area contributed by atoms with Crippen LogP contribution in [0.2, 0.25) is 0 Å². The number of amides is 3. The van der Waals surface area contributed by atoms with Crippen LogP contribution in [0.5, 0.6) is 5.75 Å². The lowest BCUT2D eigenvalue weighted by atomic mass is 10.1. The molecule has 10 heteroatoms. The number of rotatable bonds is 2. The van der Waals surface area contributed by atoms with Gasteiger partial charge < -0.3 is 25.3 Å². The Labute approximate surface area is 195 Å². The number of nitrogens with zero attached hydrogens (tertiary/aromatic N) is 1. The van der Waals surface area contributed by atoms with Crippen molar-refractivity contribution in [2.45, 2.75) is 44.7 Å². The van der Waals surface area contributed by atoms with E-state index in [0.29, 0.717) is 30.5 Å². The first kappa shape index (κ1) is 23.5. The Morgan fingerprint density at radius 1 is 1.12 bits per heavy atom. The van der Waals surface area contributed by atoms with E-state index in [-0.39, 0.29) is 66.9 Å². The summed E-state index contributed by atoms with van der Waals surface area (Å²) in [5, 5.41) is 5.57. The number of aromatic amines is 1. The highest BCUT2D eigenvalue weighted by Crippen LogP contribution is 2.29. The van der Waals surface area contributed by atoms with E-state index in [9.17, 15) is 23.6 Å². The maximum absolute atomic E-state index is 13.8. The number of carbonyl (C=O) groups is 3. The maximum Gasteiger partial charge on any atom is 0.256 e. The van der Waals surface area contributed by atoms with E-state index in [1.165, 1.54) is 24.3 Å². The third kappa shape index (κ3) is 4.95. The smallest absolute Gasteiger partial charge is 0.256 e. The van der Waals surface area contributed by atoms with Gasteiger partial charge in [-0.15, -0.1) is 0 Å². The monoisotopic (exact) mass is 470 g/mol. The Kier molecular flexibility index (Phi) is 6.95. The summed E-state index contributed by atoms with van der Waals surface area (Å²) in [7, 11) is 0. The van der Waals surface area contributed by atoms with Crippen molar-refractivity contribution in [1.29, 1.82) is 0 Å². The Morgan fingerprint density at radius 2 is 1.91 bits per heavy atom. The number of pyridine rings is 1. The predicted molar refractivity (Wildman–Crippen MR) is 121 cm³/mol. The van der Waals surface area contributed by atoms with Gasteiger partial charge in [-0.2, -0.15) is 0 Å². The van der Waals surface area contributed by atoms with Crippen LogP contribution in [0, 0.1) is 5.82 Å². The summed E-state index contributed by atoms with van der Waals surface area (Å²) in [5.41, 5.74) is 0.640. The zero-order valence-corrected chi connectivity index (χ0v) is 18.9. The van der Waals surface area contributed by atoms with Crippen LogP contribution in [-0.2, 0) is 11.2 Å². The number of nitrogens with one attached hydrogen (secondary N) is 3. The number of halogens is 1. The first-order chi connectivity index (χ1) is 16.4. The fourth-order valence-corrected chi connectivity index (χ4v) is 4.58. The van der Waals surface area contributed by atoms with Crippen molar-refractivity contribution in [3.8, 4) is 5.75 Å². The Morgan fingerprint density at radius 3 is 2.71 bits per heavy atom. The summed E-state index contributed by atoms with van der Waals surface area (Å²) >= 11 is 0. The molecule has 0 aliphatic carbocycles. The molecule has 9 nitrogen and oxygen atoms in total. The van der Waals surface area contributed by atoms with E-state index in [1.54, 1.807) is 4.90 Å². The minimum atomic E-state index is -0.574. The molecule has 2 aliphatic rings. The number of carbonyl (C=O) groups excluding carboxylic acids is 3. The molecule has 34 heavy (non-hydrogen) atoms. The lowest BCUT2D eigenvalue weighted by molar-refractivity contribution is -0.122. The SMILES string of the molecule is CCc1[nH]c(=O)ccc1C(=O)N1[C@@H]2CC[C@H]1CC(=O)NCCOc1ccc(F)cc1C(=O)NC2. The third-order valence-corrected chi connectivity index (χ3v) is 6.23. The van der Waals surface area contributed by atoms with Gasteiger partial charge in [0.1, 0.15) is 18.2 Å². The zero-order chi connectivity index (χ0) is 24.2. The van der Waals surface area contributed by atoms with Crippen molar-refractivity contribution < 1.29 is 23.5 Å². The second-order valence-electron chi connectivity index (χ2n) is 8.42. The van der Waals surface area contributed by atoms with Gasteiger partial charge in [-0.3, -0.25) is 19.2 Å². The van der Waals surface area contributed by atoms with Crippen LogP contribution >= 0.6 is 0 Å². The van der Waals surface area contributed by atoms with Gasteiger partial charge in [-0.1, -0.05) is 6.92 Å².